The lowest BCUT2D eigenvalue weighted by molar-refractivity contribution is 0.669. The summed E-state index contributed by atoms with van der Waals surface area (Å²) in [4.78, 5) is 14.8. The topological polar surface area (TPSA) is 50.2 Å². The smallest absolute Gasteiger partial charge is 0.161 e. The van der Waals surface area contributed by atoms with Gasteiger partial charge >= 0.3 is 0 Å². The van der Waals surface area contributed by atoms with Crippen molar-refractivity contribution in [2.45, 2.75) is 6.54 Å². The second kappa shape index (κ2) is 14.5. The Morgan fingerprint density at radius 1 is 0.463 bits per heavy atom. The number of nitrogens with zero attached hydrogens (tertiary/aromatic N) is 3. The molecule has 0 saturated heterocycles. The lowest BCUT2D eigenvalue weighted by Crippen LogP contribution is -2.06. The van der Waals surface area contributed by atoms with Gasteiger partial charge in [0.25, 0.3) is 0 Å². The molecule has 0 amide bonds. The maximum atomic E-state index is 6.39. The van der Waals surface area contributed by atoms with E-state index in [1.165, 1.54) is 21.9 Å². The highest BCUT2D eigenvalue weighted by molar-refractivity contribution is 6.22. The maximum absolute atomic E-state index is 6.39. The van der Waals surface area contributed by atoms with Gasteiger partial charge in [0.2, 0.25) is 0 Å². The molecule has 9 aromatic rings. The summed E-state index contributed by atoms with van der Waals surface area (Å²) in [7, 11) is 0. The molecule has 1 heterocycles. The Morgan fingerprint density at radius 2 is 1.06 bits per heavy atom. The molecule has 0 aliphatic carbocycles. The van der Waals surface area contributed by atoms with Gasteiger partial charge in [0.15, 0.2) is 11.7 Å². The van der Waals surface area contributed by atoms with Gasteiger partial charge < -0.3 is 4.42 Å². The molecule has 256 valence electrons. The first kappa shape index (κ1) is 32.7. The first-order valence-corrected chi connectivity index (χ1v) is 18.1. The van der Waals surface area contributed by atoms with Crippen molar-refractivity contribution < 1.29 is 4.42 Å². The molecule has 0 aliphatic heterocycles. The molecular formula is C50H35N3O. The summed E-state index contributed by atoms with van der Waals surface area (Å²) in [5.74, 6) is 1.05. The summed E-state index contributed by atoms with van der Waals surface area (Å²) >= 11 is 0. The van der Waals surface area contributed by atoms with Crippen LogP contribution in [0.5, 0.6) is 0 Å². The average Bonchev–Trinajstić information content (AvgIpc) is 3.63. The van der Waals surface area contributed by atoms with Crippen LogP contribution in [-0.4, -0.2) is 18.4 Å². The van der Waals surface area contributed by atoms with E-state index in [0.717, 1.165) is 60.9 Å². The molecule has 0 saturated carbocycles. The number of fused-ring (bicyclic) bond motifs is 4. The Bertz CT molecular complexity index is 2830. The zero-order chi connectivity index (χ0) is 36.3. The zero-order valence-electron chi connectivity index (χ0n) is 29.6. The van der Waals surface area contributed by atoms with Gasteiger partial charge in [0, 0.05) is 21.9 Å². The number of benzene rings is 8. The molecule has 0 bridgehead atoms. The highest BCUT2D eigenvalue weighted by atomic mass is 16.3. The Balaban J connectivity index is 1.13. The van der Waals surface area contributed by atoms with Crippen molar-refractivity contribution in [3.8, 4) is 33.4 Å². The van der Waals surface area contributed by atoms with Gasteiger partial charge in [-0.2, -0.15) is 0 Å². The van der Waals surface area contributed by atoms with E-state index in [-0.39, 0.29) is 0 Å². The van der Waals surface area contributed by atoms with Crippen molar-refractivity contribution >= 4 is 51.1 Å². The van der Waals surface area contributed by atoms with Crippen LogP contribution in [0, 0.1) is 0 Å². The summed E-state index contributed by atoms with van der Waals surface area (Å²) in [6.45, 7) is 4.44. The highest BCUT2D eigenvalue weighted by Gasteiger charge is 2.17. The molecule has 4 heteroatoms. The third-order valence-electron chi connectivity index (χ3n) is 9.90. The van der Waals surface area contributed by atoms with Crippen molar-refractivity contribution in [2.24, 2.45) is 15.0 Å². The van der Waals surface area contributed by atoms with Gasteiger partial charge in [-0.05, 0) is 80.7 Å². The van der Waals surface area contributed by atoms with Gasteiger partial charge in [-0.15, -0.1) is 0 Å². The third-order valence-corrected chi connectivity index (χ3v) is 9.90. The lowest BCUT2D eigenvalue weighted by Gasteiger charge is -2.09. The first-order chi connectivity index (χ1) is 26.7. The Hall–Kier alpha value is -7.17. The van der Waals surface area contributed by atoms with Crippen molar-refractivity contribution in [1.82, 2.24) is 0 Å². The molecule has 54 heavy (non-hydrogen) atoms. The predicted molar refractivity (Wildman–Crippen MR) is 227 cm³/mol. The normalized spacial score (nSPS) is 12.1. The zero-order valence-corrected chi connectivity index (χ0v) is 29.6. The van der Waals surface area contributed by atoms with E-state index in [4.69, 9.17) is 14.4 Å². The molecular weight excluding hydrogens is 659 g/mol. The number of amidine groups is 2. The first-order valence-electron chi connectivity index (χ1n) is 18.1. The molecule has 0 unspecified atom stereocenters. The van der Waals surface area contributed by atoms with Crippen LogP contribution in [0.1, 0.15) is 16.7 Å². The minimum atomic E-state index is 0.451. The number of hydrogen-bond donors (Lipinski definition) is 0. The lowest BCUT2D eigenvalue weighted by atomic mass is 9.98. The van der Waals surface area contributed by atoms with Crippen LogP contribution < -0.4 is 0 Å². The summed E-state index contributed by atoms with van der Waals surface area (Å²) in [5, 5.41) is 4.35. The molecule has 0 spiro atoms. The second-order valence-corrected chi connectivity index (χ2v) is 13.3. The average molecular weight is 694 g/mol. The number of hydrogen-bond acceptors (Lipinski definition) is 2. The van der Waals surface area contributed by atoms with Gasteiger partial charge in [-0.1, -0.05) is 164 Å². The number of furan rings is 1. The van der Waals surface area contributed by atoms with Crippen LogP contribution in [0.15, 0.2) is 207 Å². The molecule has 8 aromatic carbocycles. The van der Waals surface area contributed by atoms with Crippen LogP contribution in [0.25, 0.3) is 66.1 Å². The Labute approximate surface area is 314 Å². The summed E-state index contributed by atoms with van der Waals surface area (Å²) in [6, 6.07) is 65.1. The Kier molecular flexibility index (Phi) is 8.76. The van der Waals surface area contributed by atoms with Gasteiger partial charge in [0.05, 0.1) is 6.54 Å². The minimum absolute atomic E-state index is 0.451. The standard InChI is InChI=1S/C50H35N3O/c1-51-50(44-17-10-18-47-48(44)45-32-43(29-30-46(45)54-47)42-28-25-37-15-8-9-16-41(37)31-42)53-49(40-26-23-39(24-27-40)36-13-6-3-7-14-36)52-33-34-19-21-38(22-20-34)35-11-4-2-5-12-35/h2-32H,1,33H2. The van der Waals surface area contributed by atoms with Crippen molar-refractivity contribution in [3.05, 3.63) is 205 Å². The summed E-state index contributed by atoms with van der Waals surface area (Å²) in [6.07, 6.45) is 0. The van der Waals surface area contributed by atoms with E-state index in [1.807, 2.05) is 36.4 Å². The van der Waals surface area contributed by atoms with E-state index in [9.17, 15) is 0 Å². The van der Waals surface area contributed by atoms with Crippen molar-refractivity contribution in [3.63, 3.8) is 0 Å². The van der Waals surface area contributed by atoms with Crippen molar-refractivity contribution in [1.29, 1.82) is 0 Å². The van der Waals surface area contributed by atoms with Crippen molar-refractivity contribution in [2.75, 3.05) is 0 Å². The predicted octanol–water partition coefficient (Wildman–Crippen LogP) is 12.8. The number of rotatable bonds is 7. The monoisotopic (exact) mass is 693 g/mol. The molecule has 0 aliphatic rings. The molecule has 9 rings (SSSR count). The molecule has 0 fully saturated rings. The van der Waals surface area contributed by atoms with E-state index >= 15 is 0 Å². The SMILES string of the molecule is C=NC(=NC(=NCc1ccc(-c2ccccc2)cc1)c1ccc(-c2ccccc2)cc1)c1cccc2oc3ccc(-c4ccc5ccccc5c4)cc3c12. The van der Waals surface area contributed by atoms with E-state index in [2.05, 4.69) is 163 Å². The van der Waals surface area contributed by atoms with E-state index in [1.54, 1.807) is 0 Å². The molecule has 0 radical (unpaired) electrons. The van der Waals surface area contributed by atoms with Crippen LogP contribution >= 0.6 is 0 Å². The summed E-state index contributed by atoms with van der Waals surface area (Å²) in [5.41, 5.74) is 11.2. The maximum Gasteiger partial charge on any atom is 0.161 e. The third kappa shape index (κ3) is 6.53. The quantitative estimate of drug-likeness (QED) is 0.121. The van der Waals surface area contributed by atoms with E-state index in [0.29, 0.717) is 18.2 Å². The highest BCUT2D eigenvalue weighted by Crippen LogP contribution is 2.36. The van der Waals surface area contributed by atoms with Crippen LogP contribution in [0.3, 0.4) is 0 Å². The van der Waals surface area contributed by atoms with Crippen LogP contribution in [-0.2, 0) is 6.54 Å². The summed E-state index contributed by atoms with van der Waals surface area (Å²) < 4.78 is 6.39. The van der Waals surface area contributed by atoms with E-state index < -0.39 is 0 Å². The second-order valence-electron chi connectivity index (χ2n) is 13.3. The fourth-order valence-electron chi connectivity index (χ4n) is 7.08. The minimum Gasteiger partial charge on any atom is -0.456 e. The molecule has 1 aromatic heterocycles. The Morgan fingerprint density at radius 3 is 1.76 bits per heavy atom. The van der Waals surface area contributed by atoms with Gasteiger partial charge in [-0.25, -0.2) is 9.98 Å². The fraction of sp³-hybridized carbons (Fsp3) is 0.0200. The number of aliphatic imine (C=N–C) groups is 3. The fourth-order valence-corrected chi connectivity index (χ4v) is 7.08. The van der Waals surface area contributed by atoms with Gasteiger partial charge in [0.1, 0.15) is 11.2 Å². The van der Waals surface area contributed by atoms with Crippen LogP contribution in [0.4, 0.5) is 0 Å². The molecule has 0 atom stereocenters. The van der Waals surface area contributed by atoms with Gasteiger partial charge in [-0.3, -0.25) is 4.99 Å². The molecule has 0 N–H and O–H groups in total. The largest absolute Gasteiger partial charge is 0.456 e. The molecule has 4 nitrogen and oxygen atoms in total. The van der Waals surface area contributed by atoms with Crippen LogP contribution in [0.2, 0.25) is 0 Å².